The Morgan fingerprint density at radius 2 is 1.93 bits per heavy atom. The van der Waals surface area contributed by atoms with E-state index in [0.29, 0.717) is 11.0 Å². The van der Waals surface area contributed by atoms with E-state index in [0.717, 1.165) is 24.1 Å². The zero-order valence-electron chi connectivity index (χ0n) is 15.9. The molecule has 150 valence electrons. The van der Waals surface area contributed by atoms with Crippen LogP contribution >= 0.6 is 11.8 Å². The molecule has 2 aromatic heterocycles. The number of carbonyl (C=O) groups excluding carboxylic acids is 1. The first kappa shape index (κ1) is 19.6. The normalized spacial score (nSPS) is 14.7. The fourth-order valence-corrected chi connectivity index (χ4v) is 4.28. The molecule has 1 aromatic carbocycles. The van der Waals surface area contributed by atoms with Gasteiger partial charge in [-0.15, -0.1) is 10.2 Å². The summed E-state index contributed by atoms with van der Waals surface area (Å²) in [5.41, 5.74) is 1.52. The van der Waals surface area contributed by atoms with E-state index in [-0.39, 0.29) is 23.5 Å². The van der Waals surface area contributed by atoms with Crippen molar-refractivity contribution < 1.29 is 9.18 Å². The number of hydrogen-bond donors (Lipinski definition) is 1. The van der Waals surface area contributed by atoms with E-state index >= 15 is 0 Å². The van der Waals surface area contributed by atoms with Gasteiger partial charge < -0.3 is 5.32 Å². The molecule has 1 aliphatic carbocycles. The number of halogens is 1. The third kappa shape index (κ3) is 4.82. The van der Waals surface area contributed by atoms with Crippen LogP contribution in [0.3, 0.4) is 0 Å². The Morgan fingerprint density at radius 1 is 1.14 bits per heavy atom. The van der Waals surface area contributed by atoms with Gasteiger partial charge in [-0.1, -0.05) is 31.0 Å². The molecule has 2 heterocycles. The lowest BCUT2D eigenvalue weighted by Crippen LogP contribution is -2.37. The average molecular weight is 412 g/mol. The molecular weight excluding hydrogens is 389 g/mol. The lowest BCUT2D eigenvalue weighted by Gasteiger charge is -2.22. The Balaban J connectivity index is 1.55. The van der Waals surface area contributed by atoms with Crippen molar-refractivity contribution in [1.29, 1.82) is 0 Å². The number of thioether (sulfide) groups is 1. The number of amides is 1. The Labute approximate surface area is 173 Å². The van der Waals surface area contributed by atoms with Crippen molar-refractivity contribution >= 4 is 17.7 Å². The van der Waals surface area contributed by atoms with Crippen LogP contribution in [-0.2, 0) is 4.79 Å². The van der Waals surface area contributed by atoms with Gasteiger partial charge in [-0.2, -0.15) is 0 Å². The van der Waals surface area contributed by atoms with Crippen LogP contribution < -0.4 is 5.32 Å². The minimum Gasteiger partial charge on any atom is -0.353 e. The second-order valence-corrected chi connectivity index (χ2v) is 7.99. The molecule has 1 saturated carbocycles. The van der Waals surface area contributed by atoms with E-state index in [1.807, 2.05) is 16.7 Å². The van der Waals surface area contributed by atoms with Gasteiger partial charge in [0, 0.05) is 29.7 Å². The van der Waals surface area contributed by atoms with E-state index in [1.165, 1.54) is 43.2 Å². The summed E-state index contributed by atoms with van der Waals surface area (Å²) >= 11 is 1.32. The van der Waals surface area contributed by atoms with E-state index in [4.69, 9.17) is 0 Å². The second kappa shape index (κ2) is 9.17. The van der Waals surface area contributed by atoms with Crippen molar-refractivity contribution in [2.45, 2.75) is 43.3 Å². The van der Waals surface area contributed by atoms with Gasteiger partial charge in [0.05, 0.1) is 5.75 Å². The summed E-state index contributed by atoms with van der Waals surface area (Å²) < 4.78 is 15.2. The molecule has 0 bridgehead atoms. The Hall–Kier alpha value is -2.74. The van der Waals surface area contributed by atoms with E-state index < -0.39 is 0 Å². The standard InChI is InChI=1S/C21H22FN5OS/c22-16-8-10-18(11-9-16)27-20(15-5-4-12-23-13-15)25-26-21(27)29-14-19(28)24-17-6-2-1-3-7-17/h4-5,8-13,17H,1-3,6-7,14H2,(H,24,28). The maximum absolute atomic E-state index is 13.4. The molecule has 0 aliphatic heterocycles. The van der Waals surface area contributed by atoms with Gasteiger partial charge in [-0.3, -0.25) is 14.3 Å². The van der Waals surface area contributed by atoms with Crippen LogP contribution in [0.4, 0.5) is 4.39 Å². The number of nitrogens with zero attached hydrogens (tertiary/aromatic N) is 4. The number of nitrogens with one attached hydrogen (secondary N) is 1. The smallest absolute Gasteiger partial charge is 0.230 e. The number of carbonyl (C=O) groups is 1. The third-order valence-electron chi connectivity index (χ3n) is 4.94. The van der Waals surface area contributed by atoms with Gasteiger partial charge in [-0.25, -0.2) is 4.39 Å². The number of benzene rings is 1. The summed E-state index contributed by atoms with van der Waals surface area (Å²) in [6.07, 6.45) is 9.08. The number of pyridine rings is 1. The molecule has 3 aromatic rings. The highest BCUT2D eigenvalue weighted by Gasteiger charge is 2.19. The molecule has 0 spiro atoms. The largest absolute Gasteiger partial charge is 0.353 e. The van der Waals surface area contributed by atoms with Crippen molar-refractivity contribution in [3.05, 3.63) is 54.6 Å². The molecule has 0 saturated heterocycles. The Kier molecular flexibility index (Phi) is 6.19. The fraction of sp³-hybridized carbons (Fsp3) is 0.333. The molecule has 29 heavy (non-hydrogen) atoms. The van der Waals surface area contributed by atoms with Crippen molar-refractivity contribution in [1.82, 2.24) is 25.1 Å². The minimum atomic E-state index is -0.314. The maximum atomic E-state index is 13.4. The highest BCUT2D eigenvalue weighted by molar-refractivity contribution is 7.99. The van der Waals surface area contributed by atoms with Crippen LogP contribution in [0.25, 0.3) is 17.1 Å². The SMILES string of the molecule is O=C(CSc1nnc(-c2cccnc2)n1-c1ccc(F)cc1)NC1CCCCC1. The molecule has 4 rings (SSSR count). The molecule has 1 fully saturated rings. The van der Waals surface area contributed by atoms with Crippen LogP contribution in [0.15, 0.2) is 53.9 Å². The Morgan fingerprint density at radius 3 is 2.66 bits per heavy atom. The van der Waals surface area contributed by atoms with Gasteiger partial charge in [-0.05, 0) is 49.2 Å². The van der Waals surface area contributed by atoms with Gasteiger partial charge in [0.25, 0.3) is 0 Å². The monoisotopic (exact) mass is 411 g/mol. The molecule has 1 aliphatic rings. The molecule has 6 nitrogen and oxygen atoms in total. The maximum Gasteiger partial charge on any atom is 0.230 e. The molecule has 1 N–H and O–H groups in total. The van der Waals surface area contributed by atoms with Crippen LogP contribution in [-0.4, -0.2) is 37.5 Å². The zero-order chi connectivity index (χ0) is 20.1. The highest BCUT2D eigenvalue weighted by Crippen LogP contribution is 2.28. The fourth-order valence-electron chi connectivity index (χ4n) is 3.51. The summed E-state index contributed by atoms with van der Waals surface area (Å²) in [4.78, 5) is 16.6. The van der Waals surface area contributed by atoms with Gasteiger partial charge in [0.2, 0.25) is 5.91 Å². The van der Waals surface area contributed by atoms with Crippen LogP contribution in [0.2, 0.25) is 0 Å². The first-order valence-electron chi connectivity index (χ1n) is 9.74. The summed E-state index contributed by atoms with van der Waals surface area (Å²) in [6.45, 7) is 0. The van der Waals surface area contributed by atoms with Crippen molar-refractivity contribution in [2.75, 3.05) is 5.75 Å². The summed E-state index contributed by atoms with van der Waals surface area (Å²) in [6, 6.07) is 10.1. The molecule has 0 atom stereocenters. The van der Waals surface area contributed by atoms with Gasteiger partial charge in [0.15, 0.2) is 11.0 Å². The molecule has 1 amide bonds. The minimum absolute atomic E-state index is 0.00140. The summed E-state index contributed by atoms with van der Waals surface area (Å²) in [5.74, 6) is 0.535. The molecular formula is C21H22FN5OS. The van der Waals surface area contributed by atoms with Crippen LogP contribution in [0, 0.1) is 5.82 Å². The second-order valence-electron chi connectivity index (χ2n) is 7.05. The van der Waals surface area contributed by atoms with Crippen molar-refractivity contribution in [3.8, 4) is 17.1 Å². The van der Waals surface area contributed by atoms with Crippen LogP contribution in [0.1, 0.15) is 32.1 Å². The lowest BCUT2D eigenvalue weighted by molar-refractivity contribution is -0.119. The quantitative estimate of drug-likeness (QED) is 0.621. The van der Waals surface area contributed by atoms with E-state index in [1.54, 1.807) is 24.5 Å². The summed E-state index contributed by atoms with van der Waals surface area (Å²) in [5, 5.41) is 12.3. The first-order chi connectivity index (χ1) is 14.2. The van der Waals surface area contributed by atoms with E-state index in [9.17, 15) is 9.18 Å². The zero-order valence-corrected chi connectivity index (χ0v) is 16.7. The highest BCUT2D eigenvalue weighted by atomic mass is 32.2. The molecule has 0 unspecified atom stereocenters. The van der Waals surface area contributed by atoms with E-state index in [2.05, 4.69) is 20.5 Å². The van der Waals surface area contributed by atoms with Gasteiger partial charge in [0.1, 0.15) is 5.82 Å². The predicted molar refractivity (Wildman–Crippen MR) is 110 cm³/mol. The topological polar surface area (TPSA) is 72.7 Å². The van der Waals surface area contributed by atoms with Crippen molar-refractivity contribution in [3.63, 3.8) is 0 Å². The van der Waals surface area contributed by atoms with Gasteiger partial charge >= 0.3 is 0 Å². The summed E-state index contributed by atoms with van der Waals surface area (Å²) in [7, 11) is 0. The Bertz CT molecular complexity index is 955. The average Bonchev–Trinajstić information content (AvgIpc) is 3.18. The predicted octanol–water partition coefficient (Wildman–Crippen LogP) is 4.01. The number of hydrogen-bond acceptors (Lipinski definition) is 5. The first-order valence-corrected chi connectivity index (χ1v) is 10.7. The van der Waals surface area contributed by atoms with Crippen LogP contribution in [0.5, 0.6) is 0 Å². The number of rotatable bonds is 6. The van der Waals surface area contributed by atoms with Crippen molar-refractivity contribution in [2.24, 2.45) is 0 Å². The third-order valence-corrected chi connectivity index (χ3v) is 5.87. The molecule has 8 heteroatoms. The number of aromatic nitrogens is 4. The lowest BCUT2D eigenvalue weighted by atomic mass is 9.95. The molecule has 0 radical (unpaired) electrons.